The lowest BCUT2D eigenvalue weighted by atomic mass is 9.99. The zero-order chi connectivity index (χ0) is 22.7. The van der Waals surface area contributed by atoms with Crippen LogP contribution in [0.25, 0.3) is 0 Å². The number of carbonyl (C=O) groups excluding carboxylic acids is 1. The first-order valence-corrected chi connectivity index (χ1v) is 11.3. The fraction of sp³-hybridized carbons (Fsp3) is 0.385. The fourth-order valence-corrected chi connectivity index (χ4v) is 4.24. The molecule has 168 valence electrons. The molecule has 0 radical (unpaired) electrons. The van der Waals surface area contributed by atoms with E-state index in [2.05, 4.69) is 45.7 Å². The van der Waals surface area contributed by atoms with Crippen LogP contribution in [0.4, 0.5) is 5.69 Å². The van der Waals surface area contributed by atoms with Crippen LogP contribution in [0.2, 0.25) is 0 Å². The quantitative estimate of drug-likeness (QED) is 0.571. The van der Waals surface area contributed by atoms with Gasteiger partial charge in [-0.15, -0.1) is 0 Å². The van der Waals surface area contributed by atoms with Crippen LogP contribution in [0.15, 0.2) is 60.9 Å². The monoisotopic (exact) mass is 432 g/mol. The molecule has 1 aliphatic rings. The Hall–Kier alpha value is -3.12. The number of hydrogen-bond acceptors (Lipinski definition) is 4. The Morgan fingerprint density at radius 1 is 1.09 bits per heavy atom. The average molecular weight is 433 g/mol. The smallest absolute Gasteiger partial charge is 0.247 e. The number of hydrogen-bond donors (Lipinski definition) is 1. The van der Waals surface area contributed by atoms with E-state index in [4.69, 9.17) is 4.74 Å². The summed E-state index contributed by atoms with van der Waals surface area (Å²) >= 11 is 0. The molecule has 0 saturated carbocycles. The molecule has 0 spiro atoms. The van der Waals surface area contributed by atoms with Crippen LogP contribution in [-0.4, -0.2) is 33.0 Å². The number of amides is 1. The third-order valence-electron chi connectivity index (χ3n) is 5.70. The van der Waals surface area contributed by atoms with Crippen LogP contribution in [0.5, 0.6) is 5.75 Å². The van der Waals surface area contributed by atoms with E-state index in [1.807, 2.05) is 62.6 Å². The summed E-state index contributed by atoms with van der Waals surface area (Å²) in [5.74, 6) is 0.753. The predicted molar refractivity (Wildman–Crippen MR) is 127 cm³/mol. The molecule has 6 nitrogen and oxygen atoms in total. The van der Waals surface area contributed by atoms with Crippen molar-refractivity contribution in [1.82, 2.24) is 14.5 Å². The van der Waals surface area contributed by atoms with E-state index in [1.54, 1.807) is 0 Å². The third-order valence-corrected chi connectivity index (χ3v) is 5.70. The van der Waals surface area contributed by atoms with E-state index in [9.17, 15) is 4.79 Å². The van der Waals surface area contributed by atoms with E-state index in [-0.39, 0.29) is 18.1 Å². The molecule has 1 atom stereocenters. The first kappa shape index (κ1) is 22.1. The molecule has 0 aliphatic carbocycles. The molecule has 1 N–H and O–H groups in total. The van der Waals surface area contributed by atoms with Crippen LogP contribution in [0.3, 0.4) is 0 Å². The summed E-state index contributed by atoms with van der Waals surface area (Å²) in [6, 6.07) is 17.7. The maximum absolute atomic E-state index is 13.6. The molecule has 1 aliphatic heterocycles. The molecule has 0 saturated heterocycles. The molecule has 0 bridgehead atoms. The van der Waals surface area contributed by atoms with E-state index < -0.39 is 6.04 Å². The van der Waals surface area contributed by atoms with Gasteiger partial charge in [-0.2, -0.15) is 0 Å². The highest BCUT2D eigenvalue weighted by atomic mass is 16.5. The molecule has 1 aromatic heterocycles. The van der Waals surface area contributed by atoms with Gasteiger partial charge in [0.15, 0.2) is 0 Å². The first-order valence-electron chi connectivity index (χ1n) is 11.3. The van der Waals surface area contributed by atoms with Crippen molar-refractivity contribution >= 4 is 11.6 Å². The van der Waals surface area contributed by atoms with Gasteiger partial charge in [0.25, 0.3) is 0 Å². The summed E-state index contributed by atoms with van der Waals surface area (Å²) in [6.45, 7) is 9.74. The zero-order valence-electron chi connectivity index (χ0n) is 19.3. The van der Waals surface area contributed by atoms with Crippen LogP contribution in [0, 0.1) is 0 Å². The van der Waals surface area contributed by atoms with Gasteiger partial charge in [-0.1, -0.05) is 30.3 Å². The van der Waals surface area contributed by atoms with Crippen molar-refractivity contribution in [2.24, 2.45) is 0 Å². The van der Waals surface area contributed by atoms with Gasteiger partial charge < -0.3 is 14.6 Å². The van der Waals surface area contributed by atoms with Gasteiger partial charge in [0, 0.05) is 31.2 Å². The van der Waals surface area contributed by atoms with Gasteiger partial charge in [0.2, 0.25) is 5.91 Å². The second-order valence-electron chi connectivity index (χ2n) is 8.87. The van der Waals surface area contributed by atoms with Crippen molar-refractivity contribution in [3.63, 3.8) is 0 Å². The molecule has 3 aromatic rings. The van der Waals surface area contributed by atoms with Crippen molar-refractivity contribution < 1.29 is 9.53 Å². The van der Waals surface area contributed by atoms with Gasteiger partial charge >= 0.3 is 0 Å². The van der Waals surface area contributed by atoms with Crippen LogP contribution >= 0.6 is 0 Å². The van der Waals surface area contributed by atoms with E-state index >= 15 is 0 Å². The maximum atomic E-state index is 13.6. The number of carbonyl (C=O) groups is 1. The number of aromatic nitrogens is 2. The summed E-state index contributed by atoms with van der Waals surface area (Å²) in [5, 5.41) is 3.13. The molecule has 1 amide bonds. The standard InChI is InChI=1S/C26H32N4O2/c1-18(2)30-17-27-23-14-15-29(16-20-8-6-5-7-9-20)25(24(23)30)26(31)28-21-10-12-22(13-11-21)32-19(3)4/h5-13,17-19,25H,14-16H2,1-4H3,(H,28,31). The van der Waals surface area contributed by atoms with E-state index in [1.165, 1.54) is 5.56 Å². The zero-order valence-corrected chi connectivity index (χ0v) is 19.3. The Kier molecular flexibility index (Phi) is 6.61. The number of nitrogens with one attached hydrogen (secondary N) is 1. The Morgan fingerprint density at radius 3 is 2.47 bits per heavy atom. The number of fused-ring (bicyclic) bond motifs is 1. The van der Waals surface area contributed by atoms with E-state index in [0.717, 1.165) is 35.8 Å². The van der Waals surface area contributed by atoms with Gasteiger partial charge in [-0.3, -0.25) is 9.69 Å². The molecule has 2 heterocycles. The lowest BCUT2D eigenvalue weighted by Crippen LogP contribution is -2.42. The largest absolute Gasteiger partial charge is 0.491 e. The number of imidazole rings is 1. The summed E-state index contributed by atoms with van der Waals surface area (Å²) in [6.07, 6.45) is 2.83. The van der Waals surface area contributed by atoms with Crippen molar-refractivity contribution in [3.05, 3.63) is 77.9 Å². The highest BCUT2D eigenvalue weighted by molar-refractivity contribution is 5.95. The van der Waals surface area contributed by atoms with Gasteiger partial charge in [0.05, 0.1) is 23.8 Å². The molecule has 0 fully saturated rings. The van der Waals surface area contributed by atoms with Crippen molar-refractivity contribution in [2.75, 3.05) is 11.9 Å². The SMILES string of the molecule is CC(C)Oc1ccc(NC(=O)C2c3c(ncn3C(C)C)CCN2Cc2ccccc2)cc1. The predicted octanol–water partition coefficient (Wildman–Crippen LogP) is 4.99. The normalized spacial score (nSPS) is 16.2. The fourth-order valence-electron chi connectivity index (χ4n) is 4.24. The van der Waals surface area contributed by atoms with Crippen LogP contribution < -0.4 is 10.1 Å². The van der Waals surface area contributed by atoms with Gasteiger partial charge in [-0.05, 0) is 57.5 Å². The van der Waals surface area contributed by atoms with Crippen LogP contribution in [0.1, 0.15) is 56.7 Å². The summed E-state index contributed by atoms with van der Waals surface area (Å²) in [5.41, 5.74) is 3.97. The highest BCUT2D eigenvalue weighted by Crippen LogP contribution is 2.33. The minimum Gasteiger partial charge on any atom is -0.491 e. The van der Waals surface area contributed by atoms with E-state index in [0.29, 0.717) is 6.54 Å². The highest BCUT2D eigenvalue weighted by Gasteiger charge is 2.37. The van der Waals surface area contributed by atoms with Gasteiger partial charge in [0.1, 0.15) is 11.8 Å². The second-order valence-corrected chi connectivity index (χ2v) is 8.87. The molecular weight excluding hydrogens is 400 g/mol. The number of ether oxygens (including phenoxy) is 1. The minimum atomic E-state index is -0.407. The number of benzene rings is 2. The summed E-state index contributed by atoms with van der Waals surface area (Å²) in [7, 11) is 0. The van der Waals surface area contributed by atoms with Crippen LogP contribution in [-0.2, 0) is 17.8 Å². The molecule has 32 heavy (non-hydrogen) atoms. The molecule has 4 rings (SSSR count). The lowest BCUT2D eigenvalue weighted by molar-refractivity contribution is -0.122. The molecular formula is C26H32N4O2. The Morgan fingerprint density at radius 2 is 1.81 bits per heavy atom. The van der Waals surface area contributed by atoms with Gasteiger partial charge in [-0.25, -0.2) is 4.98 Å². The number of rotatable bonds is 7. The molecule has 1 unspecified atom stereocenters. The molecule has 2 aromatic carbocycles. The van der Waals surface area contributed by atoms with Crippen molar-refractivity contribution in [3.8, 4) is 5.75 Å². The third kappa shape index (κ3) is 4.86. The topological polar surface area (TPSA) is 59.4 Å². The second kappa shape index (κ2) is 9.57. The maximum Gasteiger partial charge on any atom is 0.247 e. The summed E-state index contributed by atoms with van der Waals surface area (Å²) < 4.78 is 7.85. The van der Waals surface area contributed by atoms with Crippen molar-refractivity contribution in [1.29, 1.82) is 0 Å². The average Bonchev–Trinajstić information content (AvgIpc) is 3.20. The number of anilines is 1. The Balaban J connectivity index is 1.62. The Labute approximate surface area is 190 Å². The number of nitrogens with zero attached hydrogens (tertiary/aromatic N) is 3. The van der Waals surface area contributed by atoms with Crippen molar-refractivity contribution in [2.45, 2.75) is 58.8 Å². The molecule has 6 heteroatoms. The Bertz CT molecular complexity index is 1040. The summed E-state index contributed by atoms with van der Waals surface area (Å²) in [4.78, 5) is 20.5. The lowest BCUT2D eigenvalue weighted by Gasteiger charge is -2.36. The first-order chi connectivity index (χ1) is 15.4. The minimum absolute atomic E-state index is 0.0400.